The standard InChI is InChI=1S/C18H19BrFN3O4S/c1-13-2-5-16(23(24)25)11-18(13)28(26,27)22-8-6-21(7-9-22)12-14-3-4-15(20)10-17(14)19/h2-5,10-11H,6-9,12H2,1H3. The minimum Gasteiger partial charge on any atom is -0.296 e. The summed E-state index contributed by atoms with van der Waals surface area (Å²) < 4.78 is 41.2. The summed E-state index contributed by atoms with van der Waals surface area (Å²) in [5, 5.41) is 11.0. The Bertz CT molecular complexity index is 1010. The Morgan fingerprint density at radius 1 is 1.14 bits per heavy atom. The Morgan fingerprint density at radius 3 is 2.43 bits per heavy atom. The lowest BCUT2D eigenvalue weighted by Crippen LogP contribution is -2.48. The second kappa shape index (κ2) is 8.24. The van der Waals surface area contributed by atoms with E-state index in [1.807, 2.05) is 0 Å². The molecule has 150 valence electrons. The Morgan fingerprint density at radius 2 is 1.82 bits per heavy atom. The molecule has 0 saturated carbocycles. The van der Waals surface area contributed by atoms with Gasteiger partial charge in [0.1, 0.15) is 5.82 Å². The maximum absolute atomic E-state index is 13.2. The highest BCUT2D eigenvalue weighted by molar-refractivity contribution is 9.10. The Hall–Kier alpha value is -1.88. The third kappa shape index (κ3) is 4.40. The van der Waals surface area contributed by atoms with Gasteiger partial charge in [0.05, 0.1) is 9.82 Å². The van der Waals surface area contributed by atoms with E-state index in [0.717, 1.165) is 11.6 Å². The first kappa shape index (κ1) is 20.8. The van der Waals surface area contributed by atoms with Gasteiger partial charge in [-0.05, 0) is 30.2 Å². The molecule has 2 aromatic rings. The highest BCUT2D eigenvalue weighted by Crippen LogP contribution is 2.26. The van der Waals surface area contributed by atoms with E-state index in [1.54, 1.807) is 13.0 Å². The monoisotopic (exact) mass is 471 g/mol. The van der Waals surface area contributed by atoms with E-state index < -0.39 is 14.9 Å². The summed E-state index contributed by atoms with van der Waals surface area (Å²) in [6.45, 7) is 3.78. The zero-order valence-electron chi connectivity index (χ0n) is 15.1. The van der Waals surface area contributed by atoms with Gasteiger partial charge < -0.3 is 0 Å². The lowest BCUT2D eigenvalue weighted by atomic mass is 10.2. The summed E-state index contributed by atoms with van der Waals surface area (Å²) in [4.78, 5) is 12.5. The summed E-state index contributed by atoms with van der Waals surface area (Å²) >= 11 is 3.35. The van der Waals surface area contributed by atoms with Gasteiger partial charge in [0.25, 0.3) is 5.69 Å². The zero-order valence-corrected chi connectivity index (χ0v) is 17.5. The molecule has 1 aliphatic rings. The maximum Gasteiger partial charge on any atom is 0.270 e. The van der Waals surface area contributed by atoms with Crippen molar-refractivity contribution in [3.8, 4) is 0 Å². The summed E-state index contributed by atoms with van der Waals surface area (Å²) in [7, 11) is -3.82. The fraction of sp³-hybridized carbons (Fsp3) is 0.333. The van der Waals surface area contributed by atoms with Crippen LogP contribution in [0.4, 0.5) is 10.1 Å². The van der Waals surface area contributed by atoms with E-state index in [1.165, 1.54) is 28.6 Å². The lowest BCUT2D eigenvalue weighted by Gasteiger charge is -2.34. The van der Waals surface area contributed by atoms with E-state index in [0.29, 0.717) is 29.7 Å². The molecule has 0 aliphatic carbocycles. The smallest absolute Gasteiger partial charge is 0.270 e. The van der Waals surface area contributed by atoms with Crippen molar-refractivity contribution in [3.05, 3.63) is 67.9 Å². The van der Waals surface area contributed by atoms with Crippen LogP contribution in [0, 0.1) is 22.9 Å². The largest absolute Gasteiger partial charge is 0.296 e. The number of rotatable bonds is 5. The molecule has 0 bridgehead atoms. The van der Waals surface area contributed by atoms with Gasteiger partial charge in [-0.1, -0.05) is 28.1 Å². The van der Waals surface area contributed by atoms with E-state index in [-0.39, 0.29) is 29.5 Å². The summed E-state index contributed by atoms with van der Waals surface area (Å²) in [6.07, 6.45) is 0. The van der Waals surface area contributed by atoms with Crippen molar-refractivity contribution in [1.82, 2.24) is 9.21 Å². The van der Waals surface area contributed by atoms with E-state index >= 15 is 0 Å². The minimum absolute atomic E-state index is 0.0311. The quantitative estimate of drug-likeness (QED) is 0.493. The molecule has 0 atom stereocenters. The fourth-order valence-electron chi connectivity index (χ4n) is 3.14. The minimum atomic E-state index is -3.82. The number of aryl methyl sites for hydroxylation is 1. The molecule has 0 unspecified atom stereocenters. The molecule has 3 rings (SSSR count). The normalized spacial score (nSPS) is 16.2. The van der Waals surface area contributed by atoms with Crippen molar-refractivity contribution >= 4 is 31.6 Å². The molecule has 0 amide bonds. The molecular formula is C18H19BrFN3O4S. The Labute approximate surface area is 171 Å². The first-order chi connectivity index (χ1) is 13.2. The molecule has 1 fully saturated rings. The fourth-order valence-corrected chi connectivity index (χ4v) is 5.28. The summed E-state index contributed by atoms with van der Waals surface area (Å²) in [6, 6.07) is 8.37. The van der Waals surface area contributed by atoms with Gasteiger partial charge in [-0.2, -0.15) is 4.31 Å². The highest BCUT2D eigenvalue weighted by atomic mass is 79.9. The number of nitrogens with zero attached hydrogens (tertiary/aromatic N) is 3. The van der Waals surface area contributed by atoms with Crippen LogP contribution in [0.3, 0.4) is 0 Å². The van der Waals surface area contributed by atoms with Crippen LogP contribution in [0.15, 0.2) is 45.8 Å². The van der Waals surface area contributed by atoms with Gasteiger partial charge >= 0.3 is 0 Å². The van der Waals surface area contributed by atoms with E-state index in [2.05, 4.69) is 20.8 Å². The molecule has 0 radical (unpaired) electrons. The van der Waals surface area contributed by atoms with Crippen LogP contribution in [0.25, 0.3) is 0 Å². The van der Waals surface area contributed by atoms with Crippen LogP contribution in [-0.2, 0) is 16.6 Å². The molecule has 1 aliphatic heterocycles. The SMILES string of the molecule is Cc1ccc([N+](=O)[O-])cc1S(=O)(=O)N1CCN(Cc2ccc(F)cc2Br)CC1. The highest BCUT2D eigenvalue weighted by Gasteiger charge is 2.31. The predicted octanol–water partition coefficient (Wildman–Crippen LogP) is 3.31. The number of nitro groups is 1. The van der Waals surface area contributed by atoms with E-state index in [4.69, 9.17) is 0 Å². The molecule has 28 heavy (non-hydrogen) atoms. The Kier molecular flexibility index (Phi) is 6.13. The van der Waals surface area contributed by atoms with Crippen LogP contribution >= 0.6 is 15.9 Å². The molecule has 0 N–H and O–H groups in total. The second-order valence-corrected chi connectivity index (χ2v) is 9.38. The molecule has 7 nitrogen and oxygen atoms in total. The van der Waals surface area contributed by atoms with Crippen molar-refractivity contribution in [3.63, 3.8) is 0 Å². The van der Waals surface area contributed by atoms with Gasteiger partial charge in [0.2, 0.25) is 10.0 Å². The van der Waals surface area contributed by atoms with Gasteiger partial charge in [-0.15, -0.1) is 0 Å². The molecular weight excluding hydrogens is 453 g/mol. The molecule has 10 heteroatoms. The first-order valence-electron chi connectivity index (χ1n) is 8.60. The number of piperazine rings is 1. The number of benzene rings is 2. The topological polar surface area (TPSA) is 83.8 Å². The van der Waals surface area contributed by atoms with Crippen molar-refractivity contribution < 1.29 is 17.7 Å². The molecule has 0 spiro atoms. The van der Waals surface area contributed by atoms with Crippen molar-refractivity contribution in [2.75, 3.05) is 26.2 Å². The van der Waals surface area contributed by atoms with Crippen LogP contribution in [0.2, 0.25) is 0 Å². The first-order valence-corrected chi connectivity index (χ1v) is 10.8. The van der Waals surface area contributed by atoms with Crippen LogP contribution in [-0.4, -0.2) is 48.7 Å². The molecule has 1 saturated heterocycles. The third-order valence-corrected chi connectivity index (χ3v) is 7.52. The van der Waals surface area contributed by atoms with Crippen molar-refractivity contribution in [2.24, 2.45) is 0 Å². The number of hydrogen-bond acceptors (Lipinski definition) is 5. The Balaban J connectivity index is 1.72. The predicted molar refractivity (Wildman–Crippen MR) is 106 cm³/mol. The van der Waals surface area contributed by atoms with E-state index in [9.17, 15) is 22.9 Å². The zero-order chi connectivity index (χ0) is 20.5. The number of sulfonamides is 1. The number of non-ortho nitro benzene ring substituents is 1. The summed E-state index contributed by atoms with van der Waals surface area (Å²) in [5.74, 6) is -0.320. The van der Waals surface area contributed by atoms with Crippen LogP contribution in [0.5, 0.6) is 0 Å². The van der Waals surface area contributed by atoms with Gasteiger partial charge in [0.15, 0.2) is 0 Å². The van der Waals surface area contributed by atoms with Gasteiger partial charge in [-0.3, -0.25) is 15.0 Å². The van der Waals surface area contributed by atoms with Gasteiger partial charge in [-0.25, -0.2) is 12.8 Å². The maximum atomic E-state index is 13.2. The number of nitro benzene ring substituents is 1. The van der Waals surface area contributed by atoms with Crippen LogP contribution in [0.1, 0.15) is 11.1 Å². The second-order valence-electron chi connectivity index (χ2n) is 6.62. The lowest BCUT2D eigenvalue weighted by molar-refractivity contribution is -0.385. The third-order valence-electron chi connectivity index (χ3n) is 4.74. The number of halogens is 2. The van der Waals surface area contributed by atoms with Crippen molar-refractivity contribution in [2.45, 2.75) is 18.4 Å². The average molecular weight is 472 g/mol. The molecule has 0 aromatic heterocycles. The molecule has 1 heterocycles. The number of hydrogen-bond donors (Lipinski definition) is 0. The molecule has 2 aromatic carbocycles. The summed E-state index contributed by atoms with van der Waals surface area (Å²) in [5.41, 5.74) is 1.15. The average Bonchev–Trinajstić information content (AvgIpc) is 2.64. The van der Waals surface area contributed by atoms with Gasteiger partial charge in [0, 0.05) is 49.3 Å². The van der Waals surface area contributed by atoms with Crippen LogP contribution < -0.4 is 0 Å². The van der Waals surface area contributed by atoms with Crippen molar-refractivity contribution in [1.29, 1.82) is 0 Å².